The second-order valence-corrected chi connectivity index (χ2v) is 8.45. The molecule has 2 aromatic rings. The third-order valence-corrected chi connectivity index (χ3v) is 5.53. The van der Waals surface area contributed by atoms with Gasteiger partial charge in [-0.2, -0.15) is 0 Å². The molecule has 1 aliphatic heterocycles. The number of pyridine rings is 1. The molecule has 2 N–H and O–H groups in total. The Kier molecular flexibility index (Phi) is 7.07. The van der Waals surface area contributed by atoms with Gasteiger partial charge in [0.25, 0.3) is 11.8 Å². The molecular weight excluding hydrogens is 382 g/mol. The highest BCUT2D eigenvalue weighted by atomic mass is 16.5. The van der Waals surface area contributed by atoms with Crippen LogP contribution < -0.4 is 10.1 Å². The predicted molar refractivity (Wildman–Crippen MR) is 113 cm³/mol. The van der Waals surface area contributed by atoms with Crippen LogP contribution in [0.5, 0.6) is 5.75 Å². The Morgan fingerprint density at radius 3 is 2.83 bits per heavy atom. The average Bonchev–Trinajstić information content (AvgIpc) is 3.33. The summed E-state index contributed by atoms with van der Waals surface area (Å²) < 4.78 is 5.16. The number of carbonyl (C=O) groups excluding carboxylic acids is 2. The number of likely N-dealkylation sites (tertiary alicyclic amines) is 1. The lowest BCUT2D eigenvalue weighted by Gasteiger charge is -2.17. The molecule has 0 saturated carbocycles. The summed E-state index contributed by atoms with van der Waals surface area (Å²) in [6.45, 7) is 8.32. The SMILES string of the molecule is COc1cncc(C(=O)N2C[C@@H](CCNC(=O)c3cnc(CC(C)C)[nH]3)[C@H](C)C2)c1. The standard InChI is InChI=1S/C22H31N5O3/c1-14(2)7-20-25-11-19(26-20)21(28)24-6-5-16-13-27(12-15(16)3)22(29)17-8-18(30-4)10-23-9-17/h8-11,14-16H,5-7,12-13H2,1-4H3,(H,24,28)(H,25,26)/t15-,16-/m1/s1. The van der Waals surface area contributed by atoms with Gasteiger partial charge >= 0.3 is 0 Å². The van der Waals surface area contributed by atoms with Crippen LogP contribution in [-0.4, -0.2) is 58.4 Å². The summed E-state index contributed by atoms with van der Waals surface area (Å²) in [4.78, 5) is 38.4. The van der Waals surface area contributed by atoms with Gasteiger partial charge in [-0.1, -0.05) is 20.8 Å². The van der Waals surface area contributed by atoms with Gasteiger partial charge in [-0.3, -0.25) is 14.6 Å². The first-order valence-corrected chi connectivity index (χ1v) is 10.5. The van der Waals surface area contributed by atoms with E-state index >= 15 is 0 Å². The quantitative estimate of drug-likeness (QED) is 0.693. The summed E-state index contributed by atoms with van der Waals surface area (Å²) in [5.74, 6) is 2.42. The zero-order valence-electron chi connectivity index (χ0n) is 18.1. The third kappa shape index (κ3) is 5.37. The highest BCUT2D eigenvalue weighted by Gasteiger charge is 2.32. The van der Waals surface area contributed by atoms with Crippen LogP contribution in [0.25, 0.3) is 0 Å². The molecule has 2 aromatic heterocycles. The Morgan fingerprint density at radius 2 is 2.10 bits per heavy atom. The van der Waals surface area contributed by atoms with Crippen LogP contribution in [0.4, 0.5) is 0 Å². The van der Waals surface area contributed by atoms with Gasteiger partial charge < -0.3 is 19.9 Å². The molecule has 162 valence electrons. The lowest BCUT2D eigenvalue weighted by molar-refractivity contribution is 0.0782. The maximum absolute atomic E-state index is 12.8. The normalized spacial score (nSPS) is 18.6. The number of H-pyrrole nitrogens is 1. The molecule has 0 unspecified atom stereocenters. The molecule has 0 aromatic carbocycles. The molecule has 0 bridgehead atoms. The van der Waals surface area contributed by atoms with E-state index in [0.29, 0.717) is 54.4 Å². The molecule has 30 heavy (non-hydrogen) atoms. The second-order valence-electron chi connectivity index (χ2n) is 8.45. The van der Waals surface area contributed by atoms with Gasteiger partial charge in [0.1, 0.15) is 17.3 Å². The largest absolute Gasteiger partial charge is 0.495 e. The van der Waals surface area contributed by atoms with Crippen molar-refractivity contribution in [3.8, 4) is 5.75 Å². The Bertz CT molecular complexity index is 879. The molecule has 1 saturated heterocycles. The average molecular weight is 414 g/mol. The zero-order valence-corrected chi connectivity index (χ0v) is 18.1. The molecule has 0 radical (unpaired) electrons. The number of imidazole rings is 1. The molecule has 1 fully saturated rings. The minimum atomic E-state index is -0.140. The van der Waals surface area contributed by atoms with Crippen LogP contribution in [0.2, 0.25) is 0 Å². The van der Waals surface area contributed by atoms with Gasteiger partial charge in [-0.05, 0) is 30.2 Å². The van der Waals surface area contributed by atoms with Crippen molar-refractivity contribution in [2.75, 3.05) is 26.7 Å². The van der Waals surface area contributed by atoms with Crippen molar-refractivity contribution in [1.29, 1.82) is 0 Å². The first kappa shape index (κ1) is 21.8. The number of nitrogens with zero attached hydrogens (tertiary/aromatic N) is 3. The number of hydrogen-bond acceptors (Lipinski definition) is 5. The van der Waals surface area contributed by atoms with Crippen molar-refractivity contribution >= 4 is 11.8 Å². The van der Waals surface area contributed by atoms with E-state index < -0.39 is 0 Å². The molecule has 0 spiro atoms. The van der Waals surface area contributed by atoms with E-state index in [2.05, 4.69) is 41.0 Å². The van der Waals surface area contributed by atoms with Crippen LogP contribution >= 0.6 is 0 Å². The van der Waals surface area contributed by atoms with Gasteiger partial charge in [0, 0.05) is 32.3 Å². The number of carbonyl (C=O) groups is 2. The number of rotatable bonds is 8. The molecule has 3 heterocycles. The summed E-state index contributed by atoms with van der Waals surface area (Å²) >= 11 is 0. The lowest BCUT2D eigenvalue weighted by atomic mass is 9.95. The van der Waals surface area contributed by atoms with E-state index in [1.807, 2.05) is 4.90 Å². The maximum Gasteiger partial charge on any atom is 0.269 e. The third-order valence-electron chi connectivity index (χ3n) is 5.53. The van der Waals surface area contributed by atoms with Crippen molar-refractivity contribution in [1.82, 2.24) is 25.2 Å². The summed E-state index contributed by atoms with van der Waals surface area (Å²) in [7, 11) is 1.56. The number of ether oxygens (including phenoxy) is 1. The monoisotopic (exact) mass is 413 g/mol. The zero-order chi connectivity index (χ0) is 21.7. The fraction of sp³-hybridized carbons (Fsp3) is 0.545. The van der Waals surface area contributed by atoms with E-state index in [1.165, 1.54) is 0 Å². The Morgan fingerprint density at radius 1 is 1.30 bits per heavy atom. The Balaban J connectivity index is 1.48. The van der Waals surface area contributed by atoms with E-state index in [1.54, 1.807) is 31.8 Å². The van der Waals surface area contributed by atoms with Crippen molar-refractivity contribution < 1.29 is 14.3 Å². The molecule has 8 heteroatoms. The number of aromatic amines is 1. The van der Waals surface area contributed by atoms with Crippen LogP contribution in [0, 0.1) is 17.8 Å². The van der Waals surface area contributed by atoms with Crippen molar-refractivity contribution in [2.45, 2.75) is 33.6 Å². The van der Waals surface area contributed by atoms with Crippen molar-refractivity contribution in [3.63, 3.8) is 0 Å². The van der Waals surface area contributed by atoms with Crippen molar-refractivity contribution in [2.24, 2.45) is 17.8 Å². The number of methoxy groups -OCH3 is 1. The number of nitrogens with one attached hydrogen (secondary N) is 2. The van der Waals surface area contributed by atoms with Gasteiger partial charge in [-0.15, -0.1) is 0 Å². The fourth-order valence-corrected chi connectivity index (χ4v) is 3.84. The van der Waals surface area contributed by atoms with E-state index in [-0.39, 0.29) is 11.8 Å². The van der Waals surface area contributed by atoms with Gasteiger partial charge in [-0.25, -0.2) is 4.98 Å². The number of amides is 2. The van der Waals surface area contributed by atoms with Gasteiger partial charge in [0.15, 0.2) is 0 Å². The summed E-state index contributed by atoms with van der Waals surface area (Å²) in [6.07, 6.45) is 6.38. The van der Waals surface area contributed by atoms with E-state index in [9.17, 15) is 9.59 Å². The topological polar surface area (TPSA) is 100 Å². The van der Waals surface area contributed by atoms with E-state index in [4.69, 9.17) is 4.74 Å². The van der Waals surface area contributed by atoms with Crippen molar-refractivity contribution in [3.05, 3.63) is 41.7 Å². The molecule has 1 aliphatic rings. The smallest absolute Gasteiger partial charge is 0.269 e. The summed E-state index contributed by atoms with van der Waals surface area (Å²) in [5.41, 5.74) is 1.03. The lowest BCUT2D eigenvalue weighted by Crippen LogP contribution is -2.30. The molecule has 2 amide bonds. The first-order chi connectivity index (χ1) is 14.4. The Hall–Kier alpha value is -2.90. The maximum atomic E-state index is 12.8. The molecule has 8 nitrogen and oxygen atoms in total. The summed E-state index contributed by atoms with van der Waals surface area (Å²) in [5, 5.41) is 2.96. The highest BCUT2D eigenvalue weighted by molar-refractivity contribution is 5.94. The summed E-state index contributed by atoms with van der Waals surface area (Å²) in [6, 6.07) is 1.71. The molecular formula is C22H31N5O3. The van der Waals surface area contributed by atoms with Gasteiger partial charge in [0.05, 0.1) is 25.1 Å². The highest BCUT2D eigenvalue weighted by Crippen LogP contribution is 2.27. The second kappa shape index (κ2) is 9.73. The van der Waals surface area contributed by atoms with Crippen LogP contribution in [-0.2, 0) is 6.42 Å². The Labute approximate surface area is 177 Å². The van der Waals surface area contributed by atoms with Gasteiger partial charge in [0.2, 0.25) is 0 Å². The minimum Gasteiger partial charge on any atom is -0.495 e. The molecule has 2 atom stereocenters. The first-order valence-electron chi connectivity index (χ1n) is 10.5. The fourth-order valence-electron chi connectivity index (χ4n) is 3.84. The molecule has 0 aliphatic carbocycles. The predicted octanol–water partition coefficient (Wildman–Crippen LogP) is 2.54. The number of aromatic nitrogens is 3. The van der Waals surface area contributed by atoms with Crippen LogP contribution in [0.15, 0.2) is 24.7 Å². The van der Waals surface area contributed by atoms with Crippen LogP contribution in [0.1, 0.15) is 53.9 Å². The number of hydrogen-bond donors (Lipinski definition) is 2. The van der Waals surface area contributed by atoms with E-state index in [0.717, 1.165) is 18.7 Å². The van der Waals surface area contributed by atoms with Crippen LogP contribution in [0.3, 0.4) is 0 Å². The minimum absolute atomic E-state index is 0.0325. The molecule has 3 rings (SSSR count).